The zero-order chi connectivity index (χ0) is 21.9. The van der Waals surface area contributed by atoms with Gasteiger partial charge < -0.3 is 14.5 Å². The minimum absolute atomic E-state index is 0.0527. The molecule has 0 radical (unpaired) electrons. The Labute approximate surface area is 172 Å². The van der Waals surface area contributed by atoms with Gasteiger partial charge in [0.2, 0.25) is 0 Å². The van der Waals surface area contributed by atoms with Crippen molar-refractivity contribution in [1.82, 2.24) is 14.4 Å². The smallest absolute Gasteiger partial charge is 0.274 e. The van der Waals surface area contributed by atoms with Gasteiger partial charge in [-0.15, -0.1) is 0 Å². The quantitative estimate of drug-likeness (QED) is 0.628. The molecular formula is C21H21F2N5O2. The number of ether oxygens (including phenoxy) is 1. The molecule has 1 N–H and O–H groups in total. The van der Waals surface area contributed by atoms with Crippen molar-refractivity contribution in [3.05, 3.63) is 53.7 Å². The fraction of sp³-hybridized carbons (Fsp3) is 0.333. The molecule has 30 heavy (non-hydrogen) atoms. The Hall–Kier alpha value is -3.54. The molecule has 3 heterocycles. The second-order valence-corrected chi connectivity index (χ2v) is 7.14. The lowest BCUT2D eigenvalue weighted by molar-refractivity contribution is 0.102. The van der Waals surface area contributed by atoms with Crippen LogP contribution in [0.15, 0.2) is 36.7 Å². The highest BCUT2D eigenvalue weighted by Gasteiger charge is 2.24. The first-order valence-corrected chi connectivity index (χ1v) is 9.34. The highest BCUT2D eigenvalue weighted by atomic mass is 19.2. The molecule has 1 unspecified atom stereocenters. The monoisotopic (exact) mass is 413 g/mol. The van der Waals surface area contributed by atoms with E-state index in [1.165, 1.54) is 18.2 Å². The average Bonchev–Trinajstić information content (AvgIpc) is 3.17. The summed E-state index contributed by atoms with van der Waals surface area (Å²) in [5.74, 6) is -0.213. The number of amides is 1. The topological polar surface area (TPSA) is 92.3 Å². The molecule has 156 valence electrons. The number of carbonyl (C=O) groups is 1. The van der Waals surface area contributed by atoms with Crippen molar-refractivity contribution in [2.75, 3.05) is 18.6 Å². The number of alkyl halides is 2. The Morgan fingerprint density at radius 3 is 2.80 bits per heavy atom. The molecule has 7 nitrogen and oxygen atoms in total. The van der Waals surface area contributed by atoms with Crippen LogP contribution in [0.3, 0.4) is 0 Å². The van der Waals surface area contributed by atoms with E-state index in [9.17, 15) is 18.8 Å². The van der Waals surface area contributed by atoms with Crippen LogP contribution in [0, 0.1) is 11.3 Å². The lowest BCUT2D eigenvalue weighted by Crippen LogP contribution is -2.16. The van der Waals surface area contributed by atoms with E-state index in [0.29, 0.717) is 29.4 Å². The molecule has 0 aliphatic carbocycles. The number of rotatable bonds is 7. The predicted molar refractivity (Wildman–Crippen MR) is 107 cm³/mol. The molecule has 0 aliphatic rings. The molecule has 1 amide bonds. The van der Waals surface area contributed by atoms with Crippen LogP contribution in [-0.2, 0) is 5.41 Å². The Morgan fingerprint density at radius 1 is 1.37 bits per heavy atom. The molecule has 0 saturated heterocycles. The van der Waals surface area contributed by atoms with Gasteiger partial charge in [0.1, 0.15) is 29.5 Å². The second kappa shape index (κ2) is 8.45. The molecular weight excluding hydrogens is 392 g/mol. The lowest BCUT2D eigenvalue weighted by Gasteiger charge is -2.12. The van der Waals surface area contributed by atoms with E-state index in [1.807, 2.05) is 0 Å². The Balaban J connectivity index is 1.97. The van der Waals surface area contributed by atoms with Gasteiger partial charge in [0.25, 0.3) is 5.91 Å². The van der Waals surface area contributed by atoms with E-state index < -0.39 is 24.2 Å². The number of carbonyl (C=O) groups excluding carboxylic acids is 1. The number of nitrogens with one attached hydrogen (secondary N) is 1. The predicted octanol–water partition coefficient (Wildman–Crippen LogP) is 4.16. The third-order valence-corrected chi connectivity index (χ3v) is 4.48. The summed E-state index contributed by atoms with van der Waals surface area (Å²) in [6.45, 7) is 4.45. The number of hydrogen-bond acceptors (Lipinski definition) is 5. The van der Waals surface area contributed by atoms with Crippen molar-refractivity contribution in [2.45, 2.75) is 32.4 Å². The zero-order valence-electron chi connectivity index (χ0n) is 16.8. The van der Waals surface area contributed by atoms with Gasteiger partial charge >= 0.3 is 0 Å². The molecule has 1 atom stereocenters. The number of hydrogen-bond donors (Lipinski definition) is 1. The van der Waals surface area contributed by atoms with Crippen LogP contribution in [0.5, 0.6) is 5.75 Å². The summed E-state index contributed by atoms with van der Waals surface area (Å²) in [4.78, 5) is 21.0. The standard InChI is InChI=1S/C21H21F2N5O2/c1-4-30-17-8-19-27-18(21(2,3)12-24)11-28(19)10-16(17)26-20(29)15-7-5-6-14(25-15)13(23)9-22/h5-8,10-11,13H,4,9H2,1-3H3,(H,26,29). The molecule has 0 aliphatic heterocycles. The summed E-state index contributed by atoms with van der Waals surface area (Å²) >= 11 is 0. The maximum absolute atomic E-state index is 13.6. The summed E-state index contributed by atoms with van der Waals surface area (Å²) in [6.07, 6.45) is 1.43. The normalized spacial score (nSPS) is 12.4. The van der Waals surface area contributed by atoms with E-state index in [4.69, 9.17) is 4.74 Å². The highest BCUT2D eigenvalue weighted by Crippen LogP contribution is 2.29. The summed E-state index contributed by atoms with van der Waals surface area (Å²) in [7, 11) is 0. The van der Waals surface area contributed by atoms with Gasteiger partial charge in [-0.25, -0.2) is 18.7 Å². The molecule has 3 aromatic heterocycles. The van der Waals surface area contributed by atoms with Crippen molar-refractivity contribution in [3.63, 3.8) is 0 Å². The van der Waals surface area contributed by atoms with Crippen LogP contribution in [-0.4, -0.2) is 33.6 Å². The minimum Gasteiger partial charge on any atom is -0.491 e. The number of pyridine rings is 2. The van der Waals surface area contributed by atoms with Crippen LogP contribution in [0.4, 0.5) is 14.5 Å². The van der Waals surface area contributed by atoms with Crippen LogP contribution < -0.4 is 10.1 Å². The summed E-state index contributed by atoms with van der Waals surface area (Å²) in [5.41, 5.74) is 0.489. The van der Waals surface area contributed by atoms with Crippen molar-refractivity contribution >= 4 is 17.2 Å². The van der Waals surface area contributed by atoms with Gasteiger partial charge in [0.05, 0.1) is 29.5 Å². The summed E-state index contributed by atoms with van der Waals surface area (Å²) in [5, 5.41) is 12.0. The molecule has 0 bridgehead atoms. The van der Waals surface area contributed by atoms with Crippen molar-refractivity contribution in [1.29, 1.82) is 5.26 Å². The third-order valence-electron chi connectivity index (χ3n) is 4.48. The van der Waals surface area contributed by atoms with Crippen molar-refractivity contribution in [2.24, 2.45) is 0 Å². The molecule has 0 spiro atoms. The van der Waals surface area contributed by atoms with E-state index >= 15 is 0 Å². The number of anilines is 1. The van der Waals surface area contributed by atoms with Crippen LogP contribution in [0.25, 0.3) is 5.65 Å². The second-order valence-electron chi connectivity index (χ2n) is 7.14. The van der Waals surface area contributed by atoms with E-state index in [1.54, 1.807) is 43.6 Å². The molecule has 0 aromatic carbocycles. The molecule has 9 heteroatoms. The van der Waals surface area contributed by atoms with Gasteiger partial charge in [-0.1, -0.05) is 6.07 Å². The van der Waals surface area contributed by atoms with E-state index in [2.05, 4.69) is 21.4 Å². The van der Waals surface area contributed by atoms with Crippen molar-refractivity contribution in [3.8, 4) is 11.8 Å². The maximum atomic E-state index is 13.6. The minimum atomic E-state index is -1.89. The van der Waals surface area contributed by atoms with Crippen LogP contribution in [0.1, 0.15) is 48.8 Å². The fourth-order valence-electron chi connectivity index (χ4n) is 2.76. The van der Waals surface area contributed by atoms with Crippen molar-refractivity contribution < 1.29 is 18.3 Å². The number of aromatic nitrogens is 3. The first-order valence-electron chi connectivity index (χ1n) is 9.34. The van der Waals surface area contributed by atoms with E-state index in [0.717, 1.165) is 0 Å². The van der Waals surface area contributed by atoms with Gasteiger partial charge in [-0.3, -0.25) is 4.79 Å². The van der Waals surface area contributed by atoms with Gasteiger partial charge in [-0.2, -0.15) is 5.26 Å². The van der Waals surface area contributed by atoms with E-state index in [-0.39, 0.29) is 11.4 Å². The largest absolute Gasteiger partial charge is 0.491 e. The lowest BCUT2D eigenvalue weighted by atomic mass is 9.92. The van der Waals surface area contributed by atoms with Crippen LogP contribution in [0.2, 0.25) is 0 Å². The molecule has 0 saturated carbocycles. The zero-order valence-corrected chi connectivity index (χ0v) is 16.8. The fourth-order valence-corrected chi connectivity index (χ4v) is 2.76. The summed E-state index contributed by atoms with van der Waals surface area (Å²) < 4.78 is 33.5. The Morgan fingerprint density at radius 2 is 2.13 bits per heavy atom. The first-order chi connectivity index (χ1) is 14.3. The number of fused-ring (bicyclic) bond motifs is 1. The summed E-state index contributed by atoms with van der Waals surface area (Å²) in [6, 6.07) is 8.03. The average molecular weight is 413 g/mol. The highest BCUT2D eigenvalue weighted by molar-refractivity contribution is 6.03. The SMILES string of the molecule is CCOc1cc2nc(C(C)(C)C#N)cn2cc1NC(=O)c1cccc(C(F)CF)n1. The molecule has 3 aromatic rings. The maximum Gasteiger partial charge on any atom is 0.274 e. The van der Waals surface area contributed by atoms with Crippen LogP contribution >= 0.6 is 0 Å². The third kappa shape index (κ3) is 4.22. The number of nitriles is 1. The Bertz CT molecular complexity index is 1120. The number of nitrogens with zero attached hydrogens (tertiary/aromatic N) is 4. The first kappa shape index (κ1) is 21.2. The Kier molecular flexibility index (Phi) is 5.96. The van der Waals surface area contributed by atoms with Gasteiger partial charge in [0, 0.05) is 18.5 Å². The molecule has 0 fully saturated rings. The van der Waals surface area contributed by atoms with Gasteiger partial charge in [0.15, 0.2) is 6.17 Å². The number of imidazole rings is 1. The molecule has 3 rings (SSSR count). The number of halogens is 2. The van der Waals surface area contributed by atoms with Gasteiger partial charge in [-0.05, 0) is 32.9 Å².